The molecule has 0 atom stereocenters. The van der Waals surface area contributed by atoms with Crippen molar-refractivity contribution in [3.63, 3.8) is 0 Å². The van der Waals surface area contributed by atoms with E-state index in [2.05, 4.69) is 31.4 Å². The predicted octanol–water partition coefficient (Wildman–Crippen LogP) is 3.56. The van der Waals surface area contributed by atoms with Gasteiger partial charge in [-0.05, 0) is 24.0 Å². The highest BCUT2D eigenvalue weighted by Crippen LogP contribution is 2.18. The average molecular weight is 158 g/mol. The van der Waals surface area contributed by atoms with Crippen molar-refractivity contribution in [1.29, 1.82) is 0 Å². The minimum absolute atomic E-state index is 0.978. The third-order valence-electron chi connectivity index (χ3n) is 1.85. The highest BCUT2D eigenvalue weighted by atomic mass is 14.0. The Bertz CT molecular complexity index is 262. The SMILES string of the molecule is C=C/C=C(\C=C)CC1=CCC=C1. The van der Waals surface area contributed by atoms with Gasteiger partial charge in [-0.15, -0.1) is 0 Å². The molecule has 12 heavy (non-hydrogen) atoms. The minimum Gasteiger partial charge on any atom is -0.0991 e. The Morgan fingerprint density at radius 1 is 1.50 bits per heavy atom. The van der Waals surface area contributed by atoms with Gasteiger partial charge >= 0.3 is 0 Å². The molecule has 0 saturated carbocycles. The molecule has 0 nitrogen and oxygen atoms in total. The largest absolute Gasteiger partial charge is 0.0991 e. The highest BCUT2D eigenvalue weighted by Gasteiger charge is 1.98. The number of allylic oxidation sites excluding steroid dienone is 8. The quantitative estimate of drug-likeness (QED) is 0.549. The molecule has 0 heteroatoms. The molecule has 1 rings (SSSR count). The van der Waals surface area contributed by atoms with Crippen LogP contribution in [0.4, 0.5) is 0 Å². The summed E-state index contributed by atoms with van der Waals surface area (Å²) in [6, 6.07) is 0. The maximum atomic E-state index is 3.75. The third kappa shape index (κ3) is 2.39. The fraction of sp³-hybridized carbons (Fsp3) is 0.167. The molecule has 0 amide bonds. The van der Waals surface area contributed by atoms with Crippen molar-refractivity contribution in [2.24, 2.45) is 0 Å². The summed E-state index contributed by atoms with van der Waals surface area (Å²) >= 11 is 0. The van der Waals surface area contributed by atoms with Crippen molar-refractivity contribution in [3.8, 4) is 0 Å². The lowest BCUT2D eigenvalue weighted by molar-refractivity contribution is 1.21. The van der Waals surface area contributed by atoms with Crippen molar-refractivity contribution in [3.05, 3.63) is 60.8 Å². The van der Waals surface area contributed by atoms with Gasteiger partial charge < -0.3 is 0 Å². The van der Waals surface area contributed by atoms with Gasteiger partial charge in [0.25, 0.3) is 0 Å². The maximum absolute atomic E-state index is 3.75. The molecular formula is C12H14. The molecule has 1 aliphatic carbocycles. The summed E-state index contributed by atoms with van der Waals surface area (Å²) in [5.74, 6) is 0. The molecule has 0 unspecified atom stereocenters. The highest BCUT2D eigenvalue weighted by molar-refractivity contribution is 5.35. The van der Waals surface area contributed by atoms with E-state index < -0.39 is 0 Å². The van der Waals surface area contributed by atoms with E-state index >= 15 is 0 Å². The summed E-state index contributed by atoms with van der Waals surface area (Å²) in [6.07, 6.45) is 14.3. The van der Waals surface area contributed by atoms with Gasteiger partial charge in [-0.25, -0.2) is 0 Å². The van der Waals surface area contributed by atoms with Gasteiger partial charge in [0.15, 0.2) is 0 Å². The standard InChI is InChI=1S/C12H14/c1-3-7-11(4-2)10-12-8-5-6-9-12/h3-5,7-9H,1-2,6,10H2/b11-7+. The van der Waals surface area contributed by atoms with E-state index in [4.69, 9.17) is 0 Å². The van der Waals surface area contributed by atoms with Crippen LogP contribution >= 0.6 is 0 Å². The minimum atomic E-state index is 0.978. The van der Waals surface area contributed by atoms with E-state index in [9.17, 15) is 0 Å². The van der Waals surface area contributed by atoms with Crippen LogP contribution in [0.3, 0.4) is 0 Å². The van der Waals surface area contributed by atoms with Gasteiger partial charge in [0.05, 0.1) is 0 Å². The molecule has 62 valence electrons. The summed E-state index contributed by atoms with van der Waals surface area (Å²) < 4.78 is 0. The zero-order valence-electron chi connectivity index (χ0n) is 7.29. The van der Waals surface area contributed by atoms with Crippen molar-refractivity contribution in [1.82, 2.24) is 0 Å². The Morgan fingerprint density at radius 2 is 2.33 bits per heavy atom. The van der Waals surface area contributed by atoms with Gasteiger partial charge in [-0.3, -0.25) is 0 Å². The first kappa shape index (κ1) is 8.79. The zero-order chi connectivity index (χ0) is 8.81. The number of hydrogen-bond acceptors (Lipinski definition) is 0. The molecule has 0 radical (unpaired) electrons. The van der Waals surface area contributed by atoms with Crippen molar-refractivity contribution < 1.29 is 0 Å². The predicted molar refractivity (Wildman–Crippen MR) is 54.9 cm³/mol. The molecule has 0 aliphatic heterocycles. The fourth-order valence-corrected chi connectivity index (χ4v) is 1.22. The maximum Gasteiger partial charge on any atom is -0.00292 e. The molecule has 0 N–H and O–H groups in total. The Labute approximate surface area is 74.3 Å². The Hall–Kier alpha value is -1.30. The van der Waals surface area contributed by atoms with Gasteiger partial charge in [0.1, 0.15) is 0 Å². The average Bonchev–Trinajstić information content (AvgIpc) is 2.56. The summed E-state index contributed by atoms with van der Waals surface area (Å²) in [4.78, 5) is 0. The van der Waals surface area contributed by atoms with E-state index in [0.29, 0.717) is 0 Å². The molecule has 0 saturated heterocycles. The molecule has 0 spiro atoms. The van der Waals surface area contributed by atoms with Crippen LogP contribution < -0.4 is 0 Å². The molecule has 0 heterocycles. The monoisotopic (exact) mass is 158 g/mol. The van der Waals surface area contributed by atoms with E-state index in [1.165, 1.54) is 11.1 Å². The molecule has 0 aromatic carbocycles. The molecule has 0 fully saturated rings. The smallest absolute Gasteiger partial charge is 0.00292 e. The molecule has 1 aliphatic rings. The van der Waals surface area contributed by atoms with E-state index in [0.717, 1.165) is 12.8 Å². The zero-order valence-corrected chi connectivity index (χ0v) is 7.29. The van der Waals surface area contributed by atoms with Gasteiger partial charge in [-0.1, -0.05) is 49.6 Å². The normalized spacial score (nSPS) is 16.0. The van der Waals surface area contributed by atoms with Crippen molar-refractivity contribution >= 4 is 0 Å². The van der Waals surface area contributed by atoms with E-state index in [1.54, 1.807) is 6.08 Å². The second-order valence-corrected chi connectivity index (χ2v) is 2.78. The topological polar surface area (TPSA) is 0 Å². The summed E-state index contributed by atoms with van der Waals surface area (Å²) in [7, 11) is 0. The lowest BCUT2D eigenvalue weighted by Crippen LogP contribution is -1.79. The van der Waals surface area contributed by atoms with Crippen LogP contribution in [0.5, 0.6) is 0 Å². The summed E-state index contributed by atoms with van der Waals surface area (Å²) in [5, 5.41) is 0. The molecule has 0 bridgehead atoms. The first-order valence-corrected chi connectivity index (χ1v) is 4.16. The first-order valence-electron chi connectivity index (χ1n) is 4.16. The number of rotatable bonds is 4. The third-order valence-corrected chi connectivity index (χ3v) is 1.85. The second-order valence-electron chi connectivity index (χ2n) is 2.78. The van der Waals surface area contributed by atoms with Crippen LogP contribution in [0.25, 0.3) is 0 Å². The summed E-state index contributed by atoms with van der Waals surface area (Å²) in [5.41, 5.74) is 2.60. The summed E-state index contributed by atoms with van der Waals surface area (Å²) in [6.45, 7) is 7.42. The van der Waals surface area contributed by atoms with Gasteiger partial charge in [-0.2, -0.15) is 0 Å². The molecule has 0 aromatic rings. The molecular weight excluding hydrogens is 144 g/mol. The van der Waals surface area contributed by atoms with Crippen LogP contribution in [0.15, 0.2) is 60.8 Å². The Kier molecular flexibility index (Phi) is 3.34. The fourth-order valence-electron chi connectivity index (χ4n) is 1.22. The van der Waals surface area contributed by atoms with Crippen LogP contribution in [0.2, 0.25) is 0 Å². The number of hydrogen-bond donors (Lipinski definition) is 0. The van der Waals surface area contributed by atoms with Crippen molar-refractivity contribution in [2.45, 2.75) is 12.8 Å². The van der Waals surface area contributed by atoms with Crippen molar-refractivity contribution in [2.75, 3.05) is 0 Å². The van der Waals surface area contributed by atoms with E-state index in [-0.39, 0.29) is 0 Å². The lowest BCUT2D eigenvalue weighted by atomic mass is 10.1. The first-order chi connectivity index (χ1) is 5.86. The lowest BCUT2D eigenvalue weighted by Gasteiger charge is -1.99. The van der Waals surface area contributed by atoms with E-state index in [1.807, 2.05) is 12.2 Å². The Morgan fingerprint density at radius 3 is 2.83 bits per heavy atom. The van der Waals surface area contributed by atoms with Gasteiger partial charge in [0, 0.05) is 0 Å². The van der Waals surface area contributed by atoms with Crippen LogP contribution in [-0.2, 0) is 0 Å². The van der Waals surface area contributed by atoms with Crippen LogP contribution in [0, 0.1) is 0 Å². The van der Waals surface area contributed by atoms with Crippen LogP contribution in [-0.4, -0.2) is 0 Å². The molecule has 0 aromatic heterocycles. The second kappa shape index (κ2) is 4.55. The van der Waals surface area contributed by atoms with Gasteiger partial charge in [0.2, 0.25) is 0 Å². The van der Waals surface area contributed by atoms with Crippen LogP contribution in [0.1, 0.15) is 12.8 Å². The Balaban J connectivity index is 2.58.